The lowest BCUT2D eigenvalue weighted by atomic mass is 10.1. The van der Waals surface area contributed by atoms with Crippen LogP contribution < -0.4 is 14.7 Å². The van der Waals surface area contributed by atoms with Crippen LogP contribution in [-0.4, -0.2) is 43.4 Å². The summed E-state index contributed by atoms with van der Waals surface area (Å²) >= 11 is 5.63. The summed E-state index contributed by atoms with van der Waals surface area (Å²) in [5.74, 6) is -3.35. The molecule has 37 heavy (non-hydrogen) atoms. The van der Waals surface area contributed by atoms with Gasteiger partial charge in [0, 0.05) is 30.4 Å². The fraction of sp³-hybridized carbons (Fsp3) is 0.217. The summed E-state index contributed by atoms with van der Waals surface area (Å²) in [6, 6.07) is 4.09. The van der Waals surface area contributed by atoms with Gasteiger partial charge in [0.2, 0.25) is 5.91 Å². The second-order valence-corrected chi connectivity index (χ2v) is 10.4. The number of carbonyl (C=O) groups excluding carboxylic acids is 2. The zero-order valence-corrected chi connectivity index (χ0v) is 20.5. The lowest BCUT2D eigenvalue weighted by Gasteiger charge is -2.26. The van der Waals surface area contributed by atoms with Crippen molar-refractivity contribution in [1.29, 1.82) is 0 Å². The van der Waals surface area contributed by atoms with Gasteiger partial charge in [0.1, 0.15) is 17.7 Å². The minimum Gasteiger partial charge on any atom is -0.335 e. The van der Waals surface area contributed by atoms with Crippen molar-refractivity contribution < 1.29 is 31.6 Å². The van der Waals surface area contributed by atoms with Gasteiger partial charge in [-0.25, -0.2) is 37.0 Å². The molecule has 5 rings (SSSR count). The van der Waals surface area contributed by atoms with Gasteiger partial charge < -0.3 is 9.74 Å². The SMILES string of the molecule is O=C(ON1CCc2cc(S(=O)(=O)Nc3c(F)cc(Cl)cc3F)cc(N3CCCC3=O)c21)c1cncnc1. The highest BCUT2D eigenvalue weighted by Gasteiger charge is 2.35. The number of rotatable bonds is 6. The summed E-state index contributed by atoms with van der Waals surface area (Å²) in [6.07, 6.45) is 4.91. The first-order valence-corrected chi connectivity index (χ1v) is 12.9. The molecule has 2 aliphatic rings. The summed E-state index contributed by atoms with van der Waals surface area (Å²) < 4.78 is 56.9. The molecular weight excluding hydrogens is 532 g/mol. The monoisotopic (exact) mass is 549 g/mol. The van der Waals surface area contributed by atoms with Crippen LogP contribution in [0.1, 0.15) is 28.8 Å². The Hall–Kier alpha value is -3.84. The van der Waals surface area contributed by atoms with Gasteiger partial charge in [-0.05, 0) is 42.7 Å². The van der Waals surface area contributed by atoms with Gasteiger partial charge in [0.05, 0.1) is 22.7 Å². The number of aromatic nitrogens is 2. The molecule has 1 saturated heterocycles. The van der Waals surface area contributed by atoms with Crippen molar-refractivity contribution in [2.45, 2.75) is 24.2 Å². The Morgan fingerprint density at radius 1 is 1.05 bits per heavy atom. The second kappa shape index (κ2) is 9.56. The third-order valence-electron chi connectivity index (χ3n) is 5.88. The van der Waals surface area contributed by atoms with Crippen molar-refractivity contribution in [3.8, 4) is 0 Å². The molecule has 192 valence electrons. The van der Waals surface area contributed by atoms with Crippen LogP contribution in [0, 0.1) is 11.6 Å². The Morgan fingerprint density at radius 3 is 2.41 bits per heavy atom. The molecule has 1 amide bonds. The Bertz CT molecular complexity index is 1500. The number of carbonyl (C=O) groups is 2. The van der Waals surface area contributed by atoms with Crippen LogP contribution in [0.5, 0.6) is 0 Å². The van der Waals surface area contributed by atoms with E-state index < -0.39 is 33.3 Å². The maximum absolute atomic E-state index is 14.3. The highest BCUT2D eigenvalue weighted by Crippen LogP contribution is 2.42. The van der Waals surface area contributed by atoms with Crippen LogP contribution >= 0.6 is 11.6 Å². The first kappa shape index (κ1) is 24.8. The normalized spacial score (nSPS) is 15.2. The molecule has 2 aliphatic heterocycles. The second-order valence-electron chi connectivity index (χ2n) is 8.31. The van der Waals surface area contributed by atoms with E-state index in [1.165, 1.54) is 40.8 Å². The molecule has 3 heterocycles. The Morgan fingerprint density at radius 2 is 1.76 bits per heavy atom. The molecule has 14 heteroatoms. The molecule has 0 radical (unpaired) electrons. The minimum absolute atomic E-state index is 0.102. The summed E-state index contributed by atoms with van der Waals surface area (Å²) in [6.45, 7) is 0.498. The molecule has 3 aromatic rings. The number of hydrogen-bond donors (Lipinski definition) is 1. The van der Waals surface area contributed by atoms with Crippen LogP contribution in [0.15, 0.2) is 47.9 Å². The summed E-state index contributed by atoms with van der Waals surface area (Å²) in [5.41, 5.74) is 0.233. The average Bonchev–Trinajstić information content (AvgIpc) is 3.47. The van der Waals surface area contributed by atoms with E-state index in [4.69, 9.17) is 16.4 Å². The van der Waals surface area contributed by atoms with E-state index in [2.05, 4.69) is 9.97 Å². The fourth-order valence-corrected chi connectivity index (χ4v) is 5.54. The number of nitrogens with one attached hydrogen (secondary N) is 1. The lowest BCUT2D eigenvalue weighted by Crippen LogP contribution is -2.30. The van der Waals surface area contributed by atoms with E-state index in [1.54, 1.807) is 0 Å². The summed E-state index contributed by atoms with van der Waals surface area (Å²) in [7, 11) is -4.50. The third-order valence-corrected chi connectivity index (χ3v) is 7.43. The number of anilines is 3. The van der Waals surface area contributed by atoms with Crippen LogP contribution in [-0.2, 0) is 26.1 Å². The summed E-state index contributed by atoms with van der Waals surface area (Å²) in [4.78, 5) is 39.4. The number of fused-ring (bicyclic) bond motifs is 1. The highest BCUT2D eigenvalue weighted by molar-refractivity contribution is 7.92. The van der Waals surface area contributed by atoms with Crippen LogP contribution in [0.4, 0.5) is 25.8 Å². The molecular formula is C23H18ClF2N5O5S. The predicted molar refractivity (Wildman–Crippen MR) is 129 cm³/mol. The van der Waals surface area contributed by atoms with Gasteiger partial charge in [-0.1, -0.05) is 11.6 Å². The molecule has 2 aromatic carbocycles. The number of hydrogen-bond acceptors (Lipinski definition) is 8. The van der Waals surface area contributed by atoms with E-state index in [0.29, 0.717) is 24.2 Å². The molecule has 0 aliphatic carbocycles. The molecule has 1 aromatic heterocycles. The Balaban J connectivity index is 1.54. The van der Waals surface area contributed by atoms with Crippen molar-refractivity contribution in [1.82, 2.24) is 9.97 Å². The van der Waals surface area contributed by atoms with Crippen molar-refractivity contribution in [3.05, 3.63) is 70.8 Å². The maximum atomic E-state index is 14.3. The standard InChI is InChI=1S/C23H18ClF2N5O5S/c24-15-7-17(25)21(18(26)8-15)29-37(34,35)16-6-13-3-5-31(36-23(33)14-10-27-12-28-11-14)22(13)19(9-16)30-4-1-2-20(30)32/h6-12,29H,1-5H2. The van der Waals surface area contributed by atoms with E-state index in [9.17, 15) is 26.8 Å². The lowest BCUT2D eigenvalue weighted by molar-refractivity contribution is -0.117. The van der Waals surface area contributed by atoms with Gasteiger partial charge in [0.15, 0.2) is 11.6 Å². The molecule has 1 fully saturated rings. The van der Waals surface area contributed by atoms with Crippen molar-refractivity contribution in [2.24, 2.45) is 0 Å². The first-order valence-electron chi connectivity index (χ1n) is 11.0. The number of sulfonamides is 1. The fourth-order valence-electron chi connectivity index (χ4n) is 4.21. The maximum Gasteiger partial charge on any atom is 0.366 e. The molecule has 0 atom stereocenters. The van der Waals surface area contributed by atoms with Gasteiger partial charge >= 0.3 is 5.97 Å². The zero-order chi connectivity index (χ0) is 26.3. The molecule has 1 N–H and O–H groups in total. The van der Waals surface area contributed by atoms with Crippen LogP contribution in [0.3, 0.4) is 0 Å². The molecule has 0 saturated carbocycles. The molecule has 10 nitrogen and oxygen atoms in total. The van der Waals surface area contributed by atoms with Crippen LogP contribution in [0.25, 0.3) is 0 Å². The van der Waals surface area contributed by atoms with Gasteiger partial charge in [0.25, 0.3) is 10.0 Å². The third kappa shape index (κ3) is 4.79. The number of halogens is 3. The molecule has 0 unspecified atom stereocenters. The van der Waals surface area contributed by atoms with E-state index in [-0.39, 0.29) is 46.5 Å². The molecule has 0 spiro atoms. The first-order chi connectivity index (χ1) is 17.6. The van der Waals surface area contributed by atoms with E-state index >= 15 is 0 Å². The predicted octanol–water partition coefficient (Wildman–Crippen LogP) is 3.47. The van der Waals surface area contributed by atoms with Gasteiger partial charge in [-0.15, -0.1) is 0 Å². The average molecular weight is 550 g/mol. The smallest absolute Gasteiger partial charge is 0.335 e. The largest absolute Gasteiger partial charge is 0.366 e. The number of benzene rings is 2. The van der Waals surface area contributed by atoms with E-state index in [0.717, 1.165) is 12.1 Å². The van der Waals surface area contributed by atoms with Crippen molar-refractivity contribution in [3.63, 3.8) is 0 Å². The quantitative estimate of drug-likeness (QED) is 0.496. The minimum atomic E-state index is -4.50. The van der Waals surface area contributed by atoms with Crippen molar-refractivity contribution >= 4 is 50.6 Å². The Labute approximate surface area is 214 Å². The van der Waals surface area contributed by atoms with Crippen LogP contribution in [0.2, 0.25) is 5.02 Å². The Kier molecular flexibility index (Phi) is 6.42. The van der Waals surface area contributed by atoms with Gasteiger partial charge in [-0.3, -0.25) is 9.52 Å². The number of nitrogens with zero attached hydrogens (tertiary/aromatic N) is 4. The highest BCUT2D eigenvalue weighted by atomic mass is 35.5. The van der Waals surface area contributed by atoms with Gasteiger partial charge in [-0.2, -0.15) is 0 Å². The van der Waals surface area contributed by atoms with E-state index in [1.807, 2.05) is 4.72 Å². The summed E-state index contributed by atoms with van der Waals surface area (Å²) in [5, 5.41) is 1.05. The zero-order valence-electron chi connectivity index (χ0n) is 18.9. The number of amides is 1. The van der Waals surface area contributed by atoms with Crippen molar-refractivity contribution in [2.75, 3.05) is 27.8 Å². The molecule has 0 bridgehead atoms. The topological polar surface area (TPSA) is 122 Å². The number of hydroxylamine groups is 1.